The van der Waals surface area contributed by atoms with Crippen LogP contribution in [0.25, 0.3) is 0 Å². The van der Waals surface area contributed by atoms with E-state index in [0.29, 0.717) is 11.1 Å². The Labute approximate surface area is 727 Å². The molecule has 0 bridgehead atoms. The van der Waals surface area contributed by atoms with E-state index in [-0.39, 0.29) is 138 Å². The van der Waals surface area contributed by atoms with Gasteiger partial charge in [0.15, 0.2) is 34.7 Å². The third kappa shape index (κ3) is 61.5. The van der Waals surface area contributed by atoms with Crippen molar-refractivity contribution in [1.29, 1.82) is 0 Å². The molecule has 19 nitrogen and oxygen atoms in total. The summed E-state index contributed by atoms with van der Waals surface area (Å²) in [6, 6.07) is 17.1. The number of allylic oxidation sites excluding steroid dienone is 12. The first-order valence-corrected chi connectivity index (χ1v) is 37.1. The molecule has 0 heterocycles. The predicted octanol–water partition coefficient (Wildman–Crippen LogP) is 8.39. The minimum absolute atomic E-state index is 0. The molecule has 0 aromatic heterocycles. The van der Waals surface area contributed by atoms with Crippen molar-refractivity contribution in [3.63, 3.8) is 0 Å². The van der Waals surface area contributed by atoms with Gasteiger partial charge in [0.2, 0.25) is 0 Å². The summed E-state index contributed by atoms with van der Waals surface area (Å²) in [5, 5.41) is 134. The van der Waals surface area contributed by atoms with Crippen molar-refractivity contribution in [1.82, 2.24) is 0 Å². The average molecular weight is 1760 g/mol. The third-order valence-electron chi connectivity index (χ3n) is 15.3. The minimum atomic E-state index is -1.25. The molecule has 0 saturated heterocycles. The number of ether oxygens (including phenoxy) is 1. The van der Waals surface area contributed by atoms with E-state index < -0.39 is 115 Å². The molecule has 0 atom stereocenters. The van der Waals surface area contributed by atoms with Gasteiger partial charge < -0.3 is 66.0 Å². The molecular formula is C90H146Fe4O19. The first-order chi connectivity index (χ1) is 48.3. The zero-order chi connectivity index (χ0) is 88.8. The fourth-order valence-corrected chi connectivity index (χ4v) is 5.85. The summed E-state index contributed by atoms with van der Waals surface area (Å²) in [5.41, 5.74) is -6.86. The van der Waals surface area contributed by atoms with Crippen molar-refractivity contribution in [3.8, 4) is 0 Å². The second-order valence-corrected chi connectivity index (χ2v) is 39.2. The maximum absolute atomic E-state index is 11.4. The summed E-state index contributed by atoms with van der Waals surface area (Å²) in [7, 11) is 0. The molecule has 0 aliphatic rings. The van der Waals surface area contributed by atoms with Crippen LogP contribution >= 0.6 is 0 Å². The molecule has 0 aliphatic heterocycles. The van der Waals surface area contributed by atoms with Crippen LogP contribution in [0.2, 0.25) is 0 Å². The van der Waals surface area contributed by atoms with Gasteiger partial charge in [0.05, 0.1) is 0 Å². The molecule has 0 unspecified atom stereocenters. The normalized spacial score (nSPS) is 13.0. The number of hydrogen-bond acceptors (Lipinski definition) is 19. The van der Waals surface area contributed by atoms with Gasteiger partial charge in [-0.3, -0.25) is 28.8 Å². The second kappa shape index (κ2) is 56.8. The topological polar surface area (TPSA) is 388 Å². The van der Waals surface area contributed by atoms with E-state index in [2.05, 4.69) is 0 Å². The smallest absolute Gasteiger partial charge is 0.875 e. The van der Waals surface area contributed by atoms with Gasteiger partial charge in [-0.15, -0.1) is 74.2 Å². The molecule has 0 saturated carbocycles. The average Bonchev–Trinajstić information content (AvgIpc) is 0.834. The van der Waals surface area contributed by atoms with Crippen LogP contribution in [0.15, 0.2) is 132 Å². The number of hydrogen-bond donors (Lipinski definition) is 0. The van der Waals surface area contributed by atoms with Crippen LogP contribution in [0.5, 0.6) is 0 Å². The van der Waals surface area contributed by atoms with Crippen molar-refractivity contribution in [2.45, 2.75) is 274 Å². The number of carbonyl (C=O) groups is 6. The Morgan fingerprint density at radius 1 is 0.239 bits per heavy atom. The summed E-state index contributed by atoms with van der Waals surface area (Å²) in [4.78, 5) is 68.7. The zero-order valence-electron chi connectivity index (χ0n) is 76.1. The van der Waals surface area contributed by atoms with Gasteiger partial charge in [-0.1, -0.05) is 321 Å². The molecule has 0 N–H and O–H groups in total. The Kier molecular flexibility index (Phi) is 66.3. The van der Waals surface area contributed by atoms with E-state index in [9.17, 15) is 90.0 Å². The molecule has 0 aliphatic carbocycles. The number of carbonyl (C=O) groups excluding carboxylic acids is 6. The number of benzene rings is 2. The van der Waals surface area contributed by atoms with E-state index in [4.69, 9.17) is 4.74 Å². The van der Waals surface area contributed by atoms with Gasteiger partial charge >= 0.3 is 68.3 Å². The maximum Gasteiger partial charge on any atom is 3.00 e. The SMILES string of the molecule is CC(C)(C)C(=O)/C=C(\[O-])C(C)(C)C.CC(C)(C)C(=O)/C=C(\[O-])C(C)(C)C.CC(C)(C)C(=O)/C=C(\[O-])C(C)(C)C.CC(C)(C)C(=O)/C=C(\[O-])C(C)(C)C.CC(C)(C)C(=O)/C=C(\[O-])C(C)(C)C.CC(C)(C)C(=O)/C=C(\[O-])C(C)(C)C.CCOCC.[Fe+3].[Fe+3].[Fe+3].[Fe+3].[O-]CC(C[O-])(C[O-])c1ccccc1.[O-]CC(C[O-])(C[O-])c1ccccc1. The quantitative estimate of drug-likeness (QED) is 0.0864. The standard InChI is InChI=1S/6C11H20O2.2C10H11O3.C4H10O.4Fe/c6*1-10(2,3)8(12)7-9(13)11(4,5)6;2*11-6-10(7-12,8-13)9-4-2-1-3-5-9;1-3-5-4-2;;;;/h6*7,12H,1-6H3;2*1-5H,6-8H2;3-4H2,1-2H3;;;;/q;;;;;;2*-3;;4*+3/p-6/b6*8-7-;;;;;;;. The van der Waals surface area contributed by atoms with Gasteiger partial charge in [-0.25, -0.2) is 0 Å². The van der Waals surface area contributed by atoms with Crippen LogP contribution in [0.1, 0.15) is 274 Å². The Bertz CT molecular complexity index is 2700. The number of rotatable bonds is 16. The molecule has 0 amide bonds. The Balaban J connectivity index is -0.000000115. The van der Waals surface area contributed by atoms with E-state index in [0.717, 1.165) is 13.2 Å². The minimum Gasteiger partial charge on any atom is -0.875 e. The van der Waals surface area contributed by atoms with E-state index in [1.165, 1.54) is 36.5 Å². The summed E-state index contributed by atoms with van der Waals surface area (Å²) in [6.07, 6.45) is 7.33. The van der Waals surface area contributed by atoms with Crippen LogP contribution < -0.4 is 61.3 Å². The van der Waals surface area contributed by atoms with Gasteiger partial charge in [-0.2, -0.15) is 0 Å². The Morgan fingerprint density at radius 3 is 0.425 bits per heavy atom. The summed E-state index contributed by atoms with van der Waals surface area (Å²) in [6.45, 7) is 66.9. The van der Waals surface area contributed by atoms with Crippen LogP contribution in [-0.2, 0) is 113 Å². The summed E-state index contributed by atoms with van der Waals surface area (Å²) in [5.74, 6) is -1.25. The third-order valence-corrected chi connectivity index (χ3v) is 15.3. The van der Waals surface area contributed by atoms with Crippen LogP contribution in [-0.4, -0.2) is 87.6 Å². The summed E-state index contributed by atoms with van der Waals surface area (Å²) < 4.78 is 4.83. The Morgan fingerprint density at radius 2 is 0.354 bits per heavy atom. The molecule has 0 spiro atoms. The van der Waals surface area contributed by atoms with Gasteiger partial charge in [0.25, 0.3) is 0 Å². The Hall–Kier alpha value is -4.50. The van der Waals surface area contributed by atoms with Gasteiger partial charge in [-0.05, 0) is 93.9 Å². The van der Waals surface area contributed by atoms with Crippen molar-refractivity contribution in [3.05, 3.63) is 143 Å². The molecule has 4 radical (unpaired) electrons. The molecule has 2 aromatic rings. The molecule has 113 heavy (non-hydrogen) atoms. The van der Waals surface area contributed by atoms with Gasteiger partial charge in [0, 0.05) is 45.7 Å². The summed E-state index contributed by atoms with van der Waals surface area (Å²) >= 11 is 0. The molecule has 23 heteroatoms. The maximum atomic E-state index is 11.4. The van der Waals surface area contributed by atoms with E-state index in [1.54, 1.807) is 60.7 Å². The van der Waals surface area contributed by atoms with Crippen LogP contribution in [0.4, 0.5) is 0 Å². The second-order valence-electron chi connectivity index (χ2n) is 39.2. The molecule has 2 aromatic carbocycles. The van der Waals surface area contributed by atoms with Crippen molar-refractivity contribution >= 4 is 34.7 Å². The van der Waals surface area contributed by atoms with Crippen molar-refractivity contribution in [2.24, 2.45) is 65.0 Å². The molecular weight excluding hydrogens is 1610 g/mol. The fourth-order valence-electron chi connectivity index (χ4n) is 5.85. The molecule has 2 rings (SSSR count). The van der Waals surface area contributed by atoms with Crippen molar-refractivity contribution in [2.75, 3.05) is 52.9 Å². The van der Waals surface area contributed by atoms with E-state index in [1.807, 2.05) is 263 Å². The predicted molar refractivity (Wildman–Crippen MR) is 420 cm³/mol. The van der Waals surface area contributed by atoms with Crippen molar-refractivity contribution < 1.29 is 163 Å². The molecule has 0 fully saturated rings. The van der Waals surface area contributed by atoms with E-state index >= 15 is 0 Å². The first kappa shape index (κ1) is 132. The first-order valence-electron chi connectivity index (χ1n) is 37.1. The molecule has 652 valence electrons. The zero-order valence-corrected chi connectivity index (χ0v) is 80.5. The van der Waals surface area contributed by atoms with Gasteiger partial charge in [0.1, 0.15) is 0 Å². The monoisotopic (exact) mass is 1750 g/mol. The van der Waals surface area contributed by atoms with Crippen LogP contribution in [0.3, 0.4) is 0 Å². The fraction of sp³-hybridized carbons (Fsp3) is 0.667. The number of ketones is 6. The van der Waals surface area contributed by atoms with Crippen LogP contribution in [0, 0.1) is 65.0 Å². The largest absolute Gasteiger partial charge is 3.00 e.